The van der Waals surface area contributed by atoms with Gasteiger partial charge in [-0.2, -0.15) is 0 Å². The average molecular weight is 347 g/mol. The largest absolute Gasteiger partial charge is 0.484 e. The Morgan fingerprint density at radius 3 is 2.27 bits per heavy atom. The standard InChI is InChI=1S/C20H17N3O3/c24-19(22-16-6-2-1-3-7-16)14-26-17-11-9-15(10-12-17)20(25)23-18-8-4-5-13-21-18/h1-13H,14H2,(H,22,24)(H,21,23,25). The van der Waals surface area contributed by atoms with E-state index < -0.39 is 0 Å². The van der Waals surface area contributed by atoms with Crippen LogP contribution in [0.2, 0.25) is 0 Å². The molecule has 0 aliphatic rings. The predicted molar refractivity (Wildman–Crippen MR) is 99.2 cm³/mol. The Morgan fingerprint density at radius 1 is 0.846 bits per heavy atom. The molecule has 0 radical (unpaired) electrons. The third-order valence-electron chi connectivity index (χ3n) is 3.45. The lowest BCUT2D eigenvalue weighted by atomic mass is 10.2. The number of para-hydroxylation sites is 1. The maximum absolute atomic E-state index is 12.1. The predicted octanol–water partition coefficient (Wildman–Crippen LogP) is 3.35. The third-order valence-corrected chi connectivity index (χ3v) is 3.45. The average Bonchev–Trinajstić information content (AvgIpc) is 2.68. The number of amides is 2. The maximum Gasteiger partial charge on any atom is 0.262 e. The summed E-state index contributed by atoms with van der Waals surface area (Å²) in [6, 6.07) is 21.0. The number of hydrogen-bond acceptors (Lipinski definition) is 4. The Kier molecular flexibility index (Phi) is 5.57. The number of pyridine rings is 1. The molecule has 0 atom stereocenters. The van der Waals surface area contributed by atoms with Gasteiger partial charge < -0.3 is 15.4 Å². The minimum absolute atomic E-state index is 0.117. The van der Waals surface area contributed by atoms with Gasteiger partial charge in [-0.05, 0) is 48.5 Å². The van der Waals surface area contributed by atoms with E-state index in [1.165, 1.54) is 0 Å². The van der Waals surface area contributed by atoms with E-state index in [0.717, 1.165) is 0 Å². The number of ether oxygens (including phenoxy) is 1. The van der Waals surface area contributed by atoms with Crippen LogP contribution in [0, 0.1) is 0 Å². The molecule has 2 N–H and O–H groups in total. The van der Waals surface area contributed by atoms with Gasteiger partial charge in [-0.1, -0.05) is 24.3 Å². The van der Waals surface area contributed by atoms with E-state index in [-0.39, 0.29) is 18.4 Å². The Hall–Kier alpha value is -3.67. The van der Waals surface area contributed by atoms with Gasteiger partial charge in [0.15, 0.2) is 6.61 Å². The summed E-state index contributed by atoms with van der Waals surface area (Å²) in [4.78, 5) is 28.0. The Bertz CT molecular complexity index is 866. The van der Waals surface area contributed by atoms with Crippen LogP contribution in [0.25, 0.3) is 0 Å². The number of nitrogens with one attached hydrogen (secondary N) is 2. The summed E-state index contributed by atoms with van der Waals surface area (Å²) < 4.78 is 5.44. The zero-order valence-electron chi connectivity index (χ0n) is 13.9. The van der Waals surface area contributed by atoms with Crippen LogP contribution in [0.5, 0.6) is 5.75 Å². The molecule has 2 amide bonds. The van der Waals surface area contributed by atoms with Crippen molar-refractivity contribution in [1.29, 1.82) is 0 Å². The quantitative estimate of drug-likeness (QED) is 0.716. The molecule has 3 rings (SSSR count). The van der Waals surface area contributed by atoms with E-state index in [1.807, 2.05) is 18.2 Å². The molecule has 1 heterocycles. The van der Waals surface area contributed by atoms with Crippen molar-refractivity contribution in [2.45, 2.75) is 0 Å². The number of hydrogen-bond donors (Lipinski definition) is 2. The molecule has 0 aliphatic carbocycles. The van der Waals surface area contributed by atoms with Crippen LogP contribution >= 0.6 is 0 Å². The lowest BCUT2D eigenvalue weighted by molar-refractivity contribution is -0.118. The normalized spacial score (nSPS) is 10.0. The highest BCUT2D eigenvalue weighted by molar-refractivity contribution is 6.03. The third kappa shape index (κ3) is 4.91. The first kappa shape index (κ1) is 17.2. The molecular formula is C20H17N3O3. The zero-order chi connectivity index (χ0) is 18.2. The van der Waals surface area contributed by atoms with Crippen molar-refractivity contribution in [2.75, 3.05) is 17.2 Å². The summed E-state index contributed by atoms with van der Waals surface area (Å²) in [6.07, 6.45) is 1.60. The monoisotopic (exact) mass is 347 g/mol. The lowest BCUT2D eigenvalue weighted by Gasteiger charge is -2.08. The highest BCUT2D eigenvalue weighted by Crippen LogP contribution is 2.14. The van der Waals surface area contributed by atoms with Crippen molar-refractivity contribution in [3.8, 4) is 5.75 Å². The molecule has 0 unspecified atom stereocenters. The van der Waals surface area contributed by atoms with Crippen molar-refractivity contribution in [3.05, 3.63) is 84.6 Å². The second-order valence-electron chi connectivity index (χ2n) is 5.40. The molecule has 0 fully saturated rings. The maximum atomic E-state index is 12.1. The Balaban J connectivity index is 1.51. The lowest BCUT2D eigenvalue weighted by Crippen LogP contribution is -2.20. The molecule has 6 nitrogen and oxygen atoms in total. The van der Waals surface area contributed by atoms with Crippen molar-refractivity contribution in [1.82, 2.24) is 4.98 Å². The molecule has 6 heteroatoms. The van der Waals surface area contributed by atoms with Crippen molar-refractivity contribution >= 4 is 23.3 Å². The number of rotatable bonds is 6. The van der Waals surface area contributed by atoms with Crippen LogP contribution in [0.3, 0.4) is 0 Å². The molecule has 0 bridgehead atoms. The smallest absolute Gasteiger partial charge is 0.262 e. The minimum Gasteiger partial charge on any atom is -0.484 e. The zero-order valence-corrected chi connectivity index (χ0v) is 13.9. The van der Waals surface area contributed by atoms with Crippen LogP contribution in [0.1, 0.15) is 10.4 Å². The molecule has 0 saturated carbocycles. The number of nitrogens with zero attached hydrogens (tertiary/aromatic N) is 1. The number of aromatic nitrogens is 1. The Morgan fingerprint density at radius 2 is 1.58 bits per heavy atom. The summed E-state index contributed by atoms with van der Waals surface area (Å²) >= 11 is 0. The van der Waals surface area contributed by atoms with E-state index >= 15 is 0 Å². The van der Waals surface area contributed by atoms with Gasteiger partial charge >= 0.3 is 0 Å². The molecule has 0 spiro atoms. The van der Waals surface area contributed by atoms with Gasteiger partial charge in [-0.3, -0.25) is 9.59 Å². The fourth-order valence-electron chi connectivity index (χ4n) is 2.20. The summed E-state index contributed by atoms with van der Waals surface area (Å²) in [7, 11) is 0. The minimum atomic E-state index is -0.267. The first-order valence-corrected chi connectivity index (χ1v) is 8.01. The molecule has 26 heavy (non-hydrogen) atoms. The van der Waals surface area contributed by atoms with Gasteiger partial charge in [0.05, 0.1) is 0 Å². The summed E-state index contributed by atoms with van der Waals surface area (Å²) in [5.41, 5.74) is 1.18. The van der Waals surface area contributed by atoms with E-state index in [0.29, 0.717) is 22.8 Å². The van der Waals surface area contributed by atoms with Gasteiger partial charge in [0, 0.05) is 17.4 Å². The molecule has 2 aromatic carbocycles. The van der Waals surface area contributed by atoms with Gasteiger partial charge in [0.2, 0.25) is 0 Å². The van der Waals surface area contributed by atoms with Crippen LogP contribution in [0.4, 0.5) is 11.5 Å². The van der Waals surface area contributed by atoms with Gasteiger partial charge in [-0.15, -0.1) is 0 Å². The second-order valence-corrected chi connectivity index (χ2v) is 5.40. The highest BCUT2D eigenvalue weighted by Gasteiger charge is 2.08. The van der Waals surface area contributed by atoms with Crippen LogP contribution < -0.4 is 15.4 Å². The second kappa shape index (κ2) is 8.43. The molecule has 3 aromatic rings. The van der Waals surface area contributed by atoms with Crippen LogP contribution in [-0.2, 0) is 4.79 Å². The van der Waals surface area contributed by atoms with Crippen molar-refractivity contribution < 1.29 is 14.3 Å². The van der Waals surface area contributed by atoms with Gasteiger partial charge in [-0.25, -0.2) is 4.98 Å². The number of carbonyl (C=O) groups is 2. The molecule has 1 aromatic heterocycles. The summed E-state index contributed by atoms with van der Waals surface area (Å²) in [5.74, 6) is 0.461. The van der Waals surface area contributed by atoms with Crippen LogP contribution in [-0.4, -0.2) is 23.4 Å². The summed E-state index contributed by atoms with van der Waals surface area (Å²) in [5, 5.41) is 5.43. The molecule has 0 aliphatic heterocycles. The number of carbonyl (C=O) groups excluding carboxylic acids is 2. The molecular weight excluding hydrogens is 330 g/mol. The van der Waals surface area contributed by atoms with E-state index in [1.54, 1.807) is 60.8 Å². The Labute approximate surface area is 150 Å². The first-order valence-electron chi connectivity index (χ1n) is 8.01. The summed E-state index contributed by atoms with van der Waals surface area (Å²) in [6.45, 7) is -0.117. The SMILES string of the molecule is O=C(COc1ccc(C(=O)Nc2ccccn2)cc1)Nc1ccccc1. The molecule has 130 valence electrons. The van der Waals surface area contributed by atoms with E-state index in [4.69, 9.17) is 4.74 Å². The van der Waals surface area contributed by atoms with Gasteiger partial charge in [0.1, 0.15) is 11.6 Å². The van der Waals surface area contributed by atoms with Crippen molar-refractivity contribution in [3.63, 3.8) is 0 Å². The topological polar surface area (TPSA) is 80.3 Å². The van der Waals surface area contributed by atoms with E-state index in [9.17, 15) is 9.59 Å². The highest BCUT2D eigenvalue weighted by atomic mass is 16.5. The number of anilines is 2. The fourth-order valence-corrected chi connectivity index (χ4v) is 2.20. The fraction of sp³-hybridized carbons (Fsp3) is 0.0500. The number of benzene rings is 2. The van der Waals surface area contributed by atoms with Crippen molar-refractivity contribution in [2.24, 2.45) is 0 Å². The first-order chi connectivity index (χ1) is 12.7. The van der Waals surface area contributed by atoms with E-state index in [2.05, 4.69) is 15.6 Å². The van der Waals surface area contributed by atoms with Crippen LogP contribution in [0.15, 0.2) is 79.0 Å². The van der Waals surface area contributed by atoms with Gasteiger partial charge in [0.25, 0.3) is 11.8 Å². The molecule has 0 saturated heterocycles.